The van der Waals surface area contributed by atoms with E-state index in [2.05, 4.69) is 30.6 Å². The van der Waals surface area contributed by atoms with E-state index in [0.29, 0.717) is 22.5 Å². The highest BCUT2D eigenvalue weighted by atomic mass is 79.9. The summed E-state index contributed by atoms with van der Waals surface area (Å²) in [6, 6.07) is 0. The van der Waals surface area contributed by atoms with Crippen molar-refractivity contribution in [2.75, 3.05) is 18.9 Å². The van der Waals surface area contributed by atoms with Gasteiger partial charge in [-0.1, -0.05) is 0 Å². The molecule has 0 amide bonds. The molecule has 0 aromatic carbocycles. The molecular weight excluding hydrogens is 272 g/mol. The Morgan fingerprint density at radius 1 is 1.53 bits per heavy atom. The van der Waals surface area contributed by atoms with Gasteiger partial charge in [-0.15, -0.1) is 0 Å². The summed E-state index contributed by atoms with van der Waals surface area (Å²) in [5, 5.41) is 0. The number of anilines is 1. The van der Waals surface area contributed by atoms with E-state index in [-0.39, 0.29) is 6.61 Å². The first-order chi connectivity index (χ1) is 7.09. The summed E-state index contributed by atoms with van der Waals surface area (Å²) in [5.74, 6) is 0.804. The molecule has 0 atom stereocenters. The van der Waals surface area contributed by atoms with Gasteiger partial charge in [0.1, 0.15) is 18.2 Å². The van der Waals surface area contributed by atoms with Gasteiger partial charge in [0.2, 0.25) is 0 Å². The molecule has 0 radical (unpaired) electrons. The van der Waals surface area contributed by atoms with Gasteiger partial charge in [0, 0.05) is 12.6 Å². The molecule has 1 aromatic rings. The average molecular weight is 282 g/mol. The Morgan fingerprint density at radius 2 is 2.27 bits per heavy atom. The highest BCUT2D eigenvalue weighted by molar-refractivity contribution is 9.10. The molecule has 2 N–H and O–H groups in total. The maximum absolute atomic E-state index is 11.7. The molecule has 0 fully saturated rings. The van der Waals surface area contributed by atoms with E-state index >= 15 is 0 Å². The number of alkyl halides is 2. The zero-order valence-corrected chi connectivity index (χ0v) is 9.38. The van der Waals surface area contributed by atoms with Gasteiger partial charge in [0.25, 0.3) is 6.43 Å². The fourth-order valence-electron chi connectivity index (χ4n) is 0.875. The molecule has 0 aliphatic carbocycles. The molecule has 0 spiro atoms. The first kappa shape index (κ1) is 12.3. The first-order valence-electron chi connectivity index (χ1n) is 4.22. The van der Waals surface area contributed by atoms with Gasteiger partial charge in [0.15, 0.2) is 0 Å². The van der Waals surface area contributed by atoms with Crippen LogP contribution < -0.4 is 5.73 Å². The van der Waals surface area contributed by atoms with Crippen LogP contribution in [0.4, 0.5) is 14.6 Å². The monoisotopic (exact) mass is 281 g/mol. The number of nitrogen functional groups attached to an aromatic ring is 1. The van der Waals surface area contributed by atoms with Gasteiger partial charge in [-0.05, 0) is 15.9 Å². The van der Waals surface area contributed by atoms with Gasteiger partial charge in [-0.3, -0.25) is 0 Å². The summed E-state index contributed by atoms with van der Waals surface area (Å²) in [6.07, 6.45) is -0.560. The van der Waals surface area contributed by atoms with Gasteiger partial charge in [-0.25, -0.2) is 18.7 Å². The van der Waals surface area contributed by atoms with Crippen LogP contribution in [0.15, 0.2) is 10.7 Å². The molecule has 4 nitrogen and oxygen atoms in total. The topological polar surface area (TPSA) is 61.0 Å². The van der Waals surface area contributed by atoms with Crippen molar-refractivity contribution in [3.63, 3.8) is 0 Å². The van der Waals surface area contributed by atoms with Crippen LogP contribution in [0.2, 0.25) is 0 Å². The number of hydrogen-bond donors (Lipinski definition) is 1. The van der Waals surface area contributed by atoms with Crippen molar-refractivity contribution in [2.24, 2.45) is 0 Å². The molecule has 0 aliphatic heterocycles. The molecule has 0 aliphatic rings. The Kier molecular flexibility index (Phi) is 4.83. The second-order valence-electron chi connectivity index (χ2n) is 2.74. The number of rotatable bonds is 5. The van der Waals surface area contributed by atoms with Gasteiger partial charge in [-0.2, -0.15) is 0 Å². The summed E-state index contributed by atoms with van der Waals surface area (Å²) in [4.78, 5) is 7.89. The molecular formula is C8H10BrF2N3O. The van der Waals surface area contributed by atoms with Crippen LogP contribution in [-0.4, -0.2) is 29.6 Å². The number of halogens is 3. The molecule has 1 rings (SSSR count). The molecule has 0 unspecified atom stereocenters. The van der Waals surface area contributed by atoms with Crippen LogP contribution in [0.5, 0.6) is 0 Å². The van der Waals surface area contributed by atoms with Crippen molar-refractivity contribution in [1.82, 2.24) is 9.97 Å². The van der Waals surface area contributed by atoms with Crippen molar-refractivity contribution in [2.45, 2.75) is 12.8 Å². The minimum absolute atomic E-state index is 0.158. The third kappa shape index (κ3) is 4.48. The Labute approximate surface area is 94.0 Å². The maximum Gasteiger partial charge on any atom is 0.261 e. The summed E-state index contributed by atoms with van der Waals surface area (Å²) in [6.45, 7) is -0.405. The summed E-state index contributed by atoms with van der Waals surface area (Å²) in [5.41, 5.74) is 5.51. The minimum atomic E-state index is -2.44. The lowest BCUT2D eigenvalue weighted by Crippen LogP contribution is -2.09. The maximum atomic E-state index is 11.7. The molecule has 0 bridgehead atoms. The molecule has 0 saturated carbocycles. The highest BCUT2D eigenvalue weighted by Gasteiger charge is 2.04. The average Bonchev–Trinajstić information content (AvgIpc) is 2.18. The fourth-order valence-corrected chi connectivity index (χ4v) is 1.07. The van der Waals surface area contributed by atoms with Crippen molar-refractivity contribution < 1.29 is 13.5 Å². The number of ether oxygens (including phenoxy) is 1. The van der Waals surface area contributed by atoms with E-state index in [4.69, 9.17) is 5.73 Å². The van der Waals surface area contributed by atoms with Gasteiger partial charge >= 0.3 is 0 Å². The zero-order chi connectivity index (χ0) is 11.3. The minimum Gasteiger partial charge on any atom is -0.383 e. The smallest absolute Gasteiger partial charge is 0.261 e. The Bertz CT molecular complexity index is 325. The van der Waals surface area contributed by atoms with Crippen LogP contribution in [0, 0.1) is 0 Å². The summed E-state index contributed by atoms with van der Waals surface area (Å²) >= 11 is 3.15. The number of nitrogens with two attached hydrogens (primary N) is 1. The molecule has 1 aromatic heterocycles. The van der Waals surface area contributed by atoms with Crippen molar-refractivity contribution in [1.29, 1.82) is 0 Å². The predicted octanol–water partition coefficient (Wildman–Crippen LogP) is 1.65. The highest BCUT2D eigenvalue weighted by Crippen LogP contribution is 2.14. The number of nitrogens with zero attached hydrogens (tertiary/aromatic N) is 2. The lowest BCUT2D eigenvalue weighted by molar-refractivity contribution is 0.0183. The molecule has 0 saturated heterocycles. The van der Waals surface area contributed by atoms with E-state index in [1.54, 1.807) is 0 Å². The van der Waals surface area contributed by atoms with E-state index < -0.39 is 13.0 Å². The third-order valence-corrected chi connectivity index (χ3v) is 2.15. The SMILES string of the molecule is Nc1nc(CCOCC(F)F)ncc1Br. The van der Waals surface area contributed by atoms with Crippen molar-refractivity contribution in [3.8, 4) is 0 Å². The summed E-state index contributed by atoms with van der Waals surface area (Å²) < 4.78 is 28.7. The quantitative estimate of drug-likeness (QED) is 0.834. The molecule has 7 heteroatoms. The Hall–Kier alpha value is -0.820. The number of aromatic nitrogens is 2. The second kappa shape index (κ2) is 5.92. The fraction of sp³-hybridized carbons (Fsp3) is 0.500. The van der Waals surface area contributed by atoms with E-state index in [9.17, 15) is 8.78 Å². The number of hydrogen-bond acceptors (Lipinski definition) is 4. The predicted molar refractivity (Wildman–Crippen MR) is 54.7 cm³/mol. The molecule has 15 heavy (non-hydrogen) atoms. The standard InChI is InChI=1S/C8H10BrF2N3O/c9-5-3-13-7(14-8(5)12)1-2-15-4-6(10)11/h3,6H,1-2,4H2,(H2,12,13,14). The van der Waals surface area contributed by atoms with Gasteiger partial charge < -0.3 is 10.5 Å². The van der Waals surface area contributed by atoms with Crippen molar-refractivity contribution in [3.05, 3.63) is 16.5 Å². The van der Waals surface area contributed by atoms with E-state index in [1.807, 2.05) is 0 Å². The lowest BCUT2D eigenvalue weighted by Gasteiger charge is -2.03. The van der Waals surface area contributed by atoms with Crippen LogP contribution in [-0.2, 0) is 11.2 Å². The van der Waals surface area contributed by atoms with Crippen LogP contribution in [0.1, 0.15) is 5.82 Å². The lowest BCUT2D eigenvalue weighted by atomic mass is 10.4. The molecule has 1 heterocycles. The van der Waals surface area contributed by atoms with Crippen LogP contribution in [0.3, 0.4) is 0 Å². The van der Waals surface area contributed by atoms with Crippen molar-refractivity contribution >= 4 is 21.7 Å². The normalized spacial score (nSPS) is 10.9. The largest absolute Gasteiger partial charge is 0.383 e. The van der Waals surface area contributed by atoms with Crippen LogP contribution >= 0.6 is 15.9 Å². The van der Waals surface area contributed by atoms with E-state index in [1.165, 1.54) is 6.20 Å². The zero-order valence-electron chi connectivity index (χ0n) is 7.79. The van der Waals surface area contributed by atoms with Gasteiger partial charge in [0.05, 0.1) is 11.1 Å². The van der Waals surface area contributed by atoms with E-state index in [0.717, 1.165) is 0 Å². The summed E-state index contributed by atoms with van der Waals surface area (Å²) in [7, 11) is 0. The Balaban J connectivity index is 2.35. The van der Waals surface area contributed by atoms with Crippen LogP contribution in [0.25, 0.3) is 0 Å². The Morgan fingerprint density at radius 3 is 2.87 bits per heavy atom. The second-order valence-corrected chi connectivity index (χ2v) is 3.59. The first-order valence-corrected chi connectivity index (χ1v) is 5.01. The third-order valence-electron chi connectivity index (χ3n) is 1.53. The molecule has 84 valence electrons.